The van der Waals surface area contributed by atoms with Crippen LogP contribution < -0.4 is 0 Å². The quantitative estimate of drug-likeness (QED) is 0.813. The van der Waals surface area contributed by atoms with Gasteiger partial charge in [0.15, 0.2) is 0 Å². The molecule has 1 N–H and O–H groups in total. The molecular weight excluding hydrogens is 192 g/mol. The Labute approximate surface area is 87.4 Å². The van der Waals surface area contributed by atoms with Gasteiger partial charge in [-0.25, -0.2) is 9.67 Å². The lowest BCUT2D eigenvalue weighted by Crippen LogP contribution is -2.01. The van der Waals surface area contributed by atoms with Crippen molar-refractivity contribution in [2.45, 2.75) is 19.4 Å². The summed E-state index contributed by atoms with van der Waals surface area (Å²) in [6.07, 6.45) is 4.91. The van der Waals surface area contributed by atoms with Crippen molar-refractivity contribution in [3.05, 3.63) is 36.7 Å². The zero-order valence-electron chi connectivity index (χ0n) is 8.41. The van der Waals surface area contributed by atoms with Gasteiger partial charge in [-0.1, -0.05) is 6.92 Å². The van der Waals surface area contributed by atoms with Crippen molar-refractivity contribution in [2.75, 3.05) is 0 Å². The lowest BCUT2D eigenvalue weighted by atomic mass is 10.2. The predicted octanol–water partition coefficient (Wildman–Crippen LogP) is 1.11. The smallest absolute Gasteiger partial charge is 0.138 e. The first-order valence-electron chi connectivity index (χ1n) is 4.80. The van der Waals surface area contributed by atoms with E-state index in [1.807, 2.05) is 13.0 Å². The van der Waals surface area contributed by atoms with Crippen molar-refractivity contribution in [3.8, 4) is 5.69 Å². The molecule has 5 heteroatoms. The molecule has 2 heterocycles. The van der Waals surface area contributed by atoms with Gasteiger partial charge in [-0.05, 0) is 18.6 Å². The average Bonchev–Trinajstić information content (AvgIpc) is 2.82. The molecule has 0 amide bonds. The van der Waals surface area contributed by atoms with E-state index in [1.165, 1.54) is 6.33 Å². The predicted molar refractivity (Wildman–Crippen MR) is 54.4 cm³/mol. The van der Waals surface area contributed by atoms with Crippen LogP contribution in [-0.2, 0) is 0 Å². The van der Waals surface area contributed by atoms with E-state index in [2.05, 4.69) is 15.1 Å². The van der Waals surface area contributed by atoms with Gasteiger partial charge in [-0.15, -0.1) is 0 Å². The monoisotopic (exact) mass is 204 g/mol. The Balaban J connectivity index is 2.25. The number of aliphatic hydroxyl groups is 1. The minimum absolute atomic E-state index is 0.491. The molecule has 0 fully saturated rings. The number of hydrogen-bond donors (Lipinski definition) is 1. The lowest BCUT2D eigenvalue weighted by Gasteiger charge is -2.07. The molecule has 0 aromatic carbocycles. The molecule has 0 unspecified atom stereocenters. The van der Waals surface area contributed by atoms with Crippen LogP contribution in [0.25, 0.3) is 5.69 Å². The summed E-state index contributed by atoms with van der Waals surface area (Å²) in [5, 5.41) is 13.5. The van der Waals surface area contributed by atoms with Gasteiger partial charge in [-0.2, -0.15) is 5.10 Å². The molecule has 0 saturated heterocycles. The van der Waals surface area contributed by atoms with E-state index in [0.717, 1.165) is 5.69 Å². The number of aliphatic hydroxyl groups excluding tert-OH is 1. The lowest BCUT2D eigenvalue weighted by molar-refractivity contribution is 0.169. The van der Waals surface area contributed by atoms with Gasteiger partial charge in [0.25, 0.3) is 0 Å². The molecule has 2 aromatic rings. The van der Waals surface area contributed by atoms with Crippen molar-refractivity contribution in [1.82, 2.24) is 19.7 Å². The van der Waals surface area contributed by atoms with E-state index in [0.29, 0.717) is 12.1 Å². The SMILES string of the molecule is CC[C@@H](O)c1ccc(-n2cncn2)cn1. The van der Waals surface area contributed by atoms with Gasteiger partial charge in [0, 0.05) is 0 Å². The number of pyridine rings is 1. The van der Waals surface area contributed by atoms with Crippen LogP contribution in [0.15, 0.2) is 31.0 Å². The Hall–Kier alpha value is -1.75. The third-order valence-electron chi connectivity index (χ3n) is 2.18. The highest BCUT2D eigenvalue weighted by Gasteiger charge is 2.06. The summed E-state index contributed by atoms with van der Waals surface area (Å²) in [4.78, 5) is 8.01. The summed E-state index contributed by atoms with van der Waals surface area (Å²) in [5.41, 5.74) is 1.51. The first-order chi connectivity index (χ1) is 7.31. The summed E-state index contributed by atoms with van der Waals surface area (Å²) in [7, 11) is 0. The highest BCUT2D eigenvalue weighted by molar-refractivity contribution is 5.28. The zero-order chi connectivity index (χ0) is 10.7. The molecular formula is C10H12N4O. The Morgan fingerprint density at radius 3 is 2.87 bits per heavy atom. The van der Waals surface area contributed by atoms with Crippen LogP contribution in [0.1, 0.15) is 25.1 Å². The summed E-state index contributed by atoms with van der Waals surface area (Å²) >= 11 is 0. The van der Waals surface area contributed by atoms with Crippen LogP contribution in [0, 0.1) is 0 Å². The summed E-state index contributed by atoms with van der Waals surface area (Å²) in [6.45, 7) is 1.91. The minimum Gasteiger partial charge on any atom is -0.387 e. The van der Waals surface area contributed by atoms with E-state index in [1.54, 1.807) is 23.3 Å². The zero-order valence-corrected chi connectivity index (χ0v) is 8.41. The number of nitrogens with zero attached hydrogens (tertiary/aromatic N) is 4. The first kappa shape index (κ1) is 9.79. The maximum absolute atomic E-state index is 9.55. The summed E-state index contributed by atoms with van der Waals surface area (Å²) in [5.74, 6) is 0. The van der Waals surface area contributed by atoms with Crippen LogP contribution in [0.2, 0.25) is 0 Å². The molecule has 78 valence electrons. The largest absolute Gasteiger partial charge is 0.387 e. The van der Waals surface area contributed by atoms with Crippen molar-refractivity contribution >= 4 is 0 Å². The average molecular weight is 204 g/mol. The van der Waals surface area contributed by atoms with Gasteiger partial charge < -0.3 is 5.11 Å². The van der Waals surface area contributed by atoms with E-state index in [4.69, 9.17) is 0 Å². The Bertz CT molecular complexity index is 409. The van der Waals surface area contributed by atoms with Gasteiger partial charge in [0.2, 0.25) is 0 Å². The second-order valence-electron chi connectivity index (χ2n) is 3.21. The van der Waals surface area contributed by atoms with Crippen molar-refractivity contribution in [1.29, 1.82) is 0 Å². The molecule has 0 spiro atoms. The molecule has 0 saturated carbocycles. The number of rotatable bonds is 3. The van der Waals surface area contributed by atoms with Gasteiger partial charge in [0.05, 0.1) is 23.7 Å². The molecule has 2 aromatic heterocycles. The third-order valence-corrected chi connectivity index (χ3v) is 2.18. The second-order valence-corrected chi connectivity index (χ2v) is 3.21. The standard InChI is InChI=1S/C10H12N4O/c1-2-10(15)9-4-3-8(5-12-9)14-7-11-6-13-14/h3-7,10,15H,2H2,1H3/t10-/m1/s1. The molecule has 0 radical (unpaired) electrons. The Kier molecular flexibility index (Phi) is 2.73. The van der Waals surface area contributed by atoms with Crippen molar-refractivity contribution in [3.63, 3.8) is 0 Å². The first-order valence-corrected chi connectivity index (χ1v) is 4.80. The summed E-state index contributed by atoms with van der Waals surface area (Å²) < 4.78 is 1.62. The highest BCUT2D eigenvalue weighted by atomic mass is 16.3. The van der Waals surface area contributed by atoms with E-state index >= 15 is 0 Å². The fourth-order valence-electron chi connectivity index (χ4n) is 1.28. The molecule has 5 nitrogen and oxygen atoms in total. The van der Waals surface area contributed by atoms with Crippen LogP contribution >= 0.6 is 0 Å². The third kappa shape index (κ3) is 2.02. The molecule has 0 bridgehead atoms. The topological polar surface area (TPSA) is 63.8 Å². The van der Waals surface area contributed by atoms with Crippen molar-refractivity contribution in [2.24, 2.45) is 0 Å². The van der Waals surface area contributed by atoms with Gasteiger partial charge in [-0.3, -0.25) is 4.98 Å². The normalized spacial score (nSPS) is 12.7. The van der Waals surface area contributed by atoms with Crippen LogP contribution in [0.3, 0.4) is 0 Å². The fourth-order valence-corrected chi connectivity index (χ4v) is 1.28. The molecule has 0 aliphatic heterocycles. The molecule has 1 atom stereocenters. The Morgan fingerprint density at radius 1 is 1.47 bits per heavy atom. The maximum Gasteiger partial charge on any atom is 0.138 e. The molecule has 0 aliphatic carbocycles. The van der Waals surface area contributed by atoms with E-state index < -0.39 is 6.10 Å². The molecule has 15 heavy (non-hydrogen) atoms. The number of hydrogen-bond acceptors (Lipinski definition) is 4. The summed E-state index contributed by atoms with van der Waals surface area (Å²) in [6, 6.07) is 3.65. The van der Waals surface area contributed by atoms with Crippen LogP contribution in [0.4, 0.5) is 0 Å². The fraction of sp³-hybridized carbons (Fsp3) is 0.300. The van der Waals surface area contributed by atoms with Crippen molar-refractivity contribution < 1.29 is 5.11 Å². The Morgan fingerprint density at radius 2 is 2.33 bits per heavy atom. The maximum atomic E-state index is 9.55. The van der Waals surface area contributed by atoms with Crippen LogP contribution in [0.5, 0.6) is 0 Å². The molecule has 0 aliphatic rings. The van der Waals surface area contributed by atoms with E-state index in [9.17, 15) is 5.11 Å². The van der Waals surface area contributed by atoms with Gasteiger partial charge >= 0.3 is 0 Å². The number of aromatic nitrogens is 4. The van der Waals surface area contributed by atoms with E-state index in [-0.39, 0.29) is 0 Å². The minimum atomic E-state index is -0.491. The second kappa shape index (κ2) is 4.18. The highest BCUT2D eigenvalue weighted by Crippen LogP contribution is 2.14. The van der Waals surface area contributed by atoms with Crippen LogP contribution in [-0.4, -0.2) is 24.9 Å². The molecule has 2 rings (SSSR count). The van der Waals surface area contributed by atoms with Gasteiger partial charge in [0.1, 0.15) is 12.7 Å².